The molecule has 1 fully saturated rings. The Kier molecular flexibility index (Phi) is 7.28. The molecule has 1 aliphatic rings. The zero-order valence-corrected chi connectivity index (χ0v) is 18.7. The smallest absolute Gasteiger partial charge is 0.243 e. The van der Waals surface area contributed by atoms with Crippen LogP contribution in [0.2, 0.25) is 0 Å². The summed E-state index contributed by atoms with van der Waals surface area (Å²) in [6.07, 6.45) is 1.06. The van der Waals surface area contributed by atoms with Gasteiger partial charge in [0.05, 0.1) is 11.5 Å². The number of hydrogen-bond acceptors (Lipinski definition) is 4. The van der Waals surface area contributed by atoms with Crippen LogP contribution in [0.3, 0.4) is 0 Å². The first kappa shape index (κ1) is 22.5. The summed E-state index contributed by atoms with van der Waals surface area (Å²) in [5.74, 6) is -0.178. The number of sulfonamides is 1. The molecule has 3 rings (SSSR count). The summed E-state index contributed by atoms with van der Waals surface area (Å²) < 4.78 is 32.5. The molecular weight excluding hydrogens is 400 g/mol. The number of carbonyl (C=O) groups excluding carboxylic acids is 1. The van der Waals surface area contributed by atoms with E-state index >= 15 is 0 Å². The van der Waals surface area contributed by atoms with Crippen LogP contribution >= 0.6 is 0 Å². The third-order valence-corrected chi connectivity index (χ3v) is 7.64. The van der Waals surface area contributed by atoms with E-state index in [2.05, 4.69) is 5.32 Å². The molecule has 162 valence electrons. The van der Waals surface area contributed by atoms with Crippen molar-refractivity contribution < 1.29 is 17.9 Å². The van der Waals surface area contributed by atoms with Crippen LogP contribution in [0.5, 0.6) is 0 Å². The molecule has 1 aliphatic heterocycles. The first-order chi connectivity index (χ1) is 14.3. The molecule has 0 spiro atoms. The van der Waals surface area contributed by atoms with Gasteiger partial charge < -0.3 is 10.1 Å². The van der Waals surface area contributed by atoms with E-state index in [1.807, 2.05) is 44.2 Å². The zero-order valence-electron chi connectivity index (χ0n) is 17.8. The molecular formula is C23H30N2O4S. The van der Waals surface area contributed by atoms with Crippen molar-refractivity contribution >= 4 is 15.9 Å². The normalized spacial score (nSPS) is 15.8. The van der Waals surface area contributed by atoms with Crippen LogP contribution in [0.15, 0.2) is 47.4 Å². The van der Waals surface area contributed by atoms with Gasteiger partial charge in [-0.15, -0.1) is 0 Å². The number of nitrogens with one attached hydrogen (secondary N) is 1. The average molecular weight is 431 g/mol. The van der Waals surface area contributed by atoms with Crippen molar-refractivity contribution in [2.75, 3.05) is 20.2 Å². The van der Waals surface area contributed by atoms with Gasteiger partial charge in [0, 0.05) is 32.7 Å². The fourth-order valence-corrected chi connectivity index (χ4v) is 5.19. The van der Waals surface area contributed by atoms with E-state index in [0.29, 0.717) is 44.0 Å². The fourth-order valence-electron chi connectivity index (χ4n) is 3.64. The second-order valence-corrected chi connectivity index (χ2v) is 9.83. The molecule has 2 aromatic rings. The van der Waals surface area contributed by atoms with Gasteiger partial charge in [-0.1, -0.05) is 30.3 Å². The number of hydrogen-bond donors (Lipinski definition) is 1. The van der Waals surface area contributed by atoms with E-state index in [-0.39, 0.29) is 11.8 Å². The maximum atomic E-state index is 12.9. The Hall–Kier alpha value is -2.22. The molecule has 0 saturated carbocycles. The van der Waals surface area contributed by atoms with E-state index in [9.17, 15) is 13.2 Å². The van der Waals surface area contributed by atoms with E-state index in [1.54, 1.807) is 19.2 Å². The third-order valence-electron chi connectivity index (χ3n) is 5.74. The summed E-state index contributed by atoms with van der Waals surface area (Å²) in [6, 6.07) is 13.2. The molecule has 30 heavy (non-hydrogen) atoms. The van der Waals surface area contributed by atoms with Gasteiger partial charge in [0.15, 0.2) is 0 Å². The van der Waals surface area contributed by atoms with Crippen LogP contribution in [0, 0.1) is 19.8 Å². The molecule has 0 aromatic heterocycles. The highest BCUT2D eigenvalue weighted by Gasteiger charge is 2.32. The molecule has 2 aromatic carbocycles. The van der Waals surface area contributed by atoms with E-state index in [1.165, 1.54) is 4.31 Å². The molecule has 1 saturated heterocycles. The van der Waals surface area contributed by atoms with Gasteiger partial charge in [-0.3, -0.25) is 4.79 Å². The Morgan fingerprint density at radius 2 is 1.67 bits per heavy atom. The average Bonchev–Trinajstić information content (AvgIpc) is 2.75. The lowest BCUT2D eigenvalue weighted by molar-refractivity contribution is -0.126. The van der Waals surface area contributed by atoms with E-state index in [0.717, 1.165) is 22.3 Å². The van der Waals surface area contributed by atoms with Crippen LogP contribution in [0.4, 0.5) is 0 Å². The highest BCUT2D eigenvalue weighted by Crippen LogP contribution is 2.25. The molecule has 1 N–H and O–H groups in total. The monoisotopic (exact) mass is 430 g/mol. The number of methoxy groups -OCH3 is 1. The van der Waals surface area contributed by atoms with Crippen molar-refractivity contribution in [3.05, 3.63) is 64.7 Å². The molecule has 0 bridgehead atoms. The molecule has 1 amide bonds. The maximum Gasteiger partial charge on any atom is 0.243 e. The predicted octanol–water partition coefficient (Wildman–Crippen LogP) is 3.17. The topological polar surface area (TPSA) is 75.7 Å². The van der Waals surface area contributed by atoms with Crippen molar-refractivity contribution in [2.24, 2.45) is 5.92 Å². The summed E-state index contributed by atoms with van der Waals surface area (Å²) in [4.78, 5) is 12.9. The maximum absolute atomic E-state index is 12.9. The molecule has 7 heteroatoms. The first-order valence-corrected chi connectivity index (χ1v) is 11.7. The second kappa shape index (κ2) is 9.73. The lowest BCUT2D eigenvalue weighted by Crippen LogP contribution is -2.42. The van der Waals surface area contributed by atoms with Gasteiger partial charge in [-0.05, 0) is 61.1 Å². The van der Waals surface area contributed by atoms with Crippen LogP contribution in [-0.2, 0) is 32.7 Å². The van der Waals surface area contributed by atoms with Gasteiger partial charge in [-0.2, -0.15) is 4.31 Å². The molecule has 0 aliphatic carbocycles. The van der Waals surface area contributed by atoms with E-state index in [4.69, 9.17) is 4.74 Å². The number of ether oxygens (including phenoxy) is 1. The Balaban J connectivity index is 1.53. The number of aryl methyl sites for hydroxylation is 2. The number of nitrogens with zero attached hydrogens (tertiary/aromatic N) is 1. The van der Waals surface area contributed by atoms with Crippen molar-refractivity contribution in [3.63, 3.8) is 0 Å². The van der Waals surface area contributed by atoms with Gasteiger partial charge in [0.2, 0.25) is 15.9 Å². The Bertz CT molecular complexity index is 979. The number of amides is 1. The summed E-state index contributed by atoms with van der Waals surface area (Å²) >= 11 is 0. The van der Waals surface area contributed by atoms with Crippen LogP contribution < -0.4 is 5.32 Å². The van der Waals surface area contributed by atoms with Gasteiger partial charge in [0.25, 0.3) is 0 Å². The highest BCUT2D eigenvalue weighted by molar-refractivity contribution is 7.89. The summed E-state index contributed by atoms with van der Waals surface area (Å²) in [7, 11) is -1.86. The molecule has 6 nitrogen and oxygen atoms in total. The third kappa shape index (κ3) is 5.28. The van der Waals surface area contributed by atoms with Gasteiger partial charge in [0.1, 0.15) is 0 Å². The van der Waals surface area contributed by atoms with Crippen molar-refractivity contribution in [1.82, 2.24) is 9.62 Å². The number of benzene rings is 2. The largest absolute Gasteiger partial charge is 0.380 e. The van der Waals surface area contributed by atoms with Crippen LogP contribution in [0.1, 0.15) is 35.1 Å². The lowest BCUT2D eigenvalue weighted by Gasteiger charge is -2.30. The second-order valence-electron chi connectivity index (χ2n) is 7.89. The van der Waals surface area contributed by atoms with Crippen molar-refractivity contribution in [1.29, 1.82) is 0 Å². The standard InChI is InChI=1S/C23H30N2O4S/c1-17-4-9-22(14-18(17)2)30(27,28)25-12-10-21(11-13-25)23(26)24-15-19-5-7-20(8-6-19)16-29-3/h4-9,14,21H,10-13,15-16H2,1-3H3,(H,24,26). The minimum absolute atomic E-state index is 0.0146. The minimum atomic E-state index is -3.52. The molecule has 0 unspecified atom stereocenters. The zero-order chi connectivity index (χ0) is 21.7. The Morgan fingerprint density at radius 1 is 1.03 bits per heavy atom. The summed E-state index contributed by atoms with van der Waals surface area (Å²) in [5.41, 5.74) is 4.14. The van der Waals surface area contributed by atoms with Crippen molar-refractivity contribution in [2.45, 2.75) is 44.7 Å². The lowest BCUT2D eigenvalue weighted by atomic mass is 9.97. The Morgan fingerprint density at radius 3 is 2.27 bits per heavy atom. The Labute approximate surface area is 179 Å². The quantitative estimate of drug-likeness (QED) is 0.732. The number of carbonyl (C=O) groups is 1. The molecule has 0 radical (unpaired) electrons. The number of piperidine rings is 1. The van der Waals surface area contributed by atoms with Crippen LogP contribution in [0.25, 0.3) is 0 Å². The highest BCUT2D eigenvalue weighted by atomic mass is 32.2. The van der Waals surface area contributed by atoms with Gasteiger partial charge >= 0.3 is 0 Å². The minimum Gasteiger partial charge on any atom is -0.380 e. The fraction of sp³-hybridized carbons (Fsp3) is 0.435. The van der Waals surface area contributed by atoms with Crippen LogP contribution in [-0.4, -0.2) is 38.8 Å². The van der Waals surface area contributed by atoms with Crippen molar-refractivity contribution in [3.8, 4) is 0 Å². The van der Waals surface area contributed by atoms with E-state index < -0.39 is 10.0 Å². The summed E-state index contributed by atoms with van der Waals surface area (Å²) in [5, 5.41) is 2.98. The SMILES string of the molecule is COCc1ccc(CNC(=O)C2CCN(S(=O)(=O)c3ccc(C)c(C)c3)CC2)cc1. The molecule has 0 atom stereocenters. The first-order valence-electron chi connectivity index (χ1n) is 10.2. The molecule has 1 heterocycles. The summed E-state index contributed by atoms with van der Waals surface area (Å²) in [6.45, 7) is 5.63. The number of rotatable bonds is 7. The van der Waals surface area contributed by atoms with Gasteiger partial charge in [-0.25, -0.2) is 8.42 Å². The predicted molar refractivity (Wildman–Crippen MR) is 116 cm³/mol.